The Kier molecular flexibility index (Phi) is 5.80. The van der Waals surface area contributed by atoms with Crippen LogP contribution in [0.3, 0.4) is 0 Å². The Bertz CT molecular complexity index is 510. The molecule has 0 atom stereocenters. The average molecular weight is 327 g/mol. The van der Waals surface area contributed by atoms with Crippen LogP contribution in [0, 0.1) is 6.92 Å². The molecular weight excluding hydrogens is 312 g/mol. The predicted molar refractivity (Wildman–Crippen MR) is 82.6 cm³/mol. The lowest BCUT2D eigenvalue weighted by Gasteiger charge is -2.04. The van der Waals surface area contributed by atoms with Crippen molar-refractivity contribution in [2.75, 3.05) is 5.32 Å². The van der Waals surface area contributed by atoms with Crippen molar-refractivity contribution in [3.63, 3.8) is 0 Å². The van der Waals surface area contributed by atoms with E-state index in [0.717, 1.165) is 16.4 Å². The number of anilines is 1. The summed E-state index contributed by atoms with van der Waals surface area (Å²) >= 11 is 1.62. The van der Waals surface area contributed by atoms with E-state index in [4.69, 9.17) is 5.73 Å². The molecule has 0 aliphatic carbocycles. The molecule has 0 spiro atoms. The number of aryl methyl sites for hydroxylation is 1. The summed E-state index contributed by atoms with van der Waals surface area (Å²) in [7, 11) is 0. The molecule has 18 heavy (non-hydrogen) atoms. The average Bonchev–Trinajstić information content (AvgIpc) is 2.74. The molecule has 2 aromatic rings. The van der Waals surface area contributed by atoms with Crippen LogP contribution in [0.5, 0.6) is 0 Å². The minimum absolute atomic E-state index is 0. The van der Waals surface area contributed by atoms with Gasteiger partial charge in [-0.2, -0.15) is 0 Å². The van der Waals surface area contributed by atoms with Gasteiger partial charge in [0.05, 0.1) is 17.2 Å². The monoisotopic (exact) mass is 326 g/mol. The summed E-state index contributed by atoms with van der Waals surface area (Å²) in [6, 6.07) is 9.72. The number of hydrogen-bond acceptors (Lipinski definition) is 3. The molecule has 0 bridgehead atoms. The zero-order valence-corrected chi connectivity index (χ0v) is 12.5. The number of halogens is 1. The van der Waals surface area contributed by atoms with Gasteiger partial charge in [-0.3, -0.25) is 0 Å². The highest BCUT2D eigenvalue weighted by Gasteiger charge is 1.98. The number of nitrogens with two attached hydrogens (primary N) is 1. The van der Waals surface area contributed by atoms with Gasteiger partial charge in [0.2, 0.25) is 0 Å². The normalized spacial score (nSPS) is 10.8. The van der Waals surface area contributed by atoms with Gasteiger partial charge in [-0.1, -0.05) is 18.2 Å². The van der Waals surface area contributed by atoms with E-state index in [1.807, 2.05) is 42.6 Å². The second kappa shape index (κ2) is 7.13. The van der Waals surface area contributed by atoms with Gasteiger partial charge in [-0.25, -0.2) is 9.98 Å². The predicted octanol–water partition coefficient (Wildman–Crippen LogP) is 2.96. The maximum Gasteiger partial charge on any atom is 0.193 e. The molecule has 2 rings (SSSR count). The molecule has 0 radical (unpaired) electrons. The molecule has 4 nitrogen and oxygen atoms in total. The Labute approximate surface area is 121 Å². The van der Waals surface area contributed by atoms with E-state index in [2.05, 4.69) is 15.3 Å². The highest BCUT2D eigenvalue weighted by atomic mass is 79.9. The number of hydrogen-bond donors (Lipinski definition) is 2. The van der Waals surface area contributed by atoms with Crippen molar-refractivity contribution < 1.29 is 0 Å². The molecule has 1 heterocycles. The first kappa shape index (κ1) is 14.7. The minimum atomic E-state index is 0. The molecule has 0 saturated heterocycles. The van der Waals surface area contributed by atoms with E-state index in [-0.39, 0.29) is 17.0 Å². The van der Waals surface area contributed by atoms with Gasteiger partial charge in [-0.05, 0) is 19.1 Å². The number of nitrogens with one attached hydrogen (secondary N) is 1. The van der Waals surface area contributed by atoms with Gasteiger partial charge in [0, 0.05) is 11.1 Å². The van der Waals surface area contributed by atoms with Crippen LogP contribution in [-0.2, 0) is 6.54 Å². The van der Waals surface area contributed by atoms with Crippen LogP contribution in [0.4, 0.5) is 5.69 Å². The zero-order chi connectivity index (χ0) is 12.1. The van der Waals surface area contributed by atoms with Crippen LogP contribution >= 0.6 is 28.3 Å². The SMILES string of the molecule is Br.Cc1nc(CN=C(N)Nc2ccccc2)cs1. The summed E-state index contributed by atoms with van der Waals surface area (Å²) in [5.41, 5.74) is 7.66. The maximum atomic E-state index is 5.77. The fourth-order valence-electron chi connectivity index (χ4n) is 1.36. The molecule has 0 aliphatic heterocycles. The van der Waals surface area contributed by atoms with Crippen LogP contribution in [-0.4, -0.2) is 10.9 Å². The quantitative estimate of drug-likeness (QED) is 0.673. The Hall–Kier alpha value is -1.40. The standard InChI is InChI=1S/C12H14N4S.BrH/c1-9-15-11(8-17-9)7-14-12(13)16-10-5-3-2-4-6-10;/h2-6,8H,7H2,1H3,(H3,13,14,16);1H. The number of aromatic nitrogens is 1. The molecule has 1 aromatic heterocycles. The van der Waals surface area contributed by atoms with Gasteiger partial charge >= 0.3 is 0 Å². The Morgan fingerprint density at radius 2 is 2.11 bits per heavy atom. The first-order chi connectivity index (χ1) is 8.24. The van der Waals surface area contributed by atoms with Crippen molar-refractivity contribution in [1.29, 1.82) is 0 Å². The van der Waals surface area contributed by atoms with E-state index >= 15 is 0 Å². The first-order valence-corrected chi connectivity index (χ1v) is 6.15. The number of benzene rings is 1. The Morgan fingerprint density at radius 1 is 1.39 bits per heavy atom. The number of aliphatic imine (C=N–C) groups is 1. The van der Waals surface area contributed by atoms with Crippen molar-refractivity contribution in [3.8, 4) is 0 Å². The van der Waals surface area contributed by atoms with Crippen molar-refractivity contribution in [3.05, 3.63) is 46.4 Å². The highest BCUT2D eigenvalue weighted by Crippen LogP contribution is 2.09. The smallest absolute Gasteiger partial charge is 0.193 e. The van der Waals surface area contributed by atoms with E-state index < -0.39 is 0 Å². The molecular formula is C12H15BrN4S. The van der Waals surface area contributed by atoms with Crippen LogP contribution in [0.15, 0.2) is 40.7 Å². The van der Waals surface area contributed by atoms with Crippen LogP contribution < -0.4 is 11.1 Å². The van der Waals surface area contributed by atoms with E-state index in [1.165, 1.54) is 0 Å². The first-order valence-electron chi connectivity index (χ1n) is 5.27. The van der Waals surface area contributed by atoms with Gasteiger partial charge < -0.3 is 11.1 Å². The van der Waals surface area contributed by atoms with Gasteiger partial charge in [0.25, 0.3) is 0 Å². The van der Waals surface area contributed by atoms with Gasteiger partial charge in [0.15, 0.2) is 5.96 Å². The maximum absolute atomic E-state index is 5.77. The summed E-state index contributed by atoms with van der Waals surface area (Å²) in [5, 5.41) is 6.06. The molecule has 0 aliphatic rings. The van der Waals surface area contributed by atoms with E-state index in [9.17, 15) is 0 Å². The summed E-state index contributed by atoms with van der Waals surface area (Å²) in [5.74, 6) is 0.404. The van der Waals surface area contributed by atoms with Crippen molar-refractivity contribution in [2.45, 2.75) is 13.5 Å². The fourth-order valence-corrected chi connectivity index (χ4v) is 1.96. The summed E-state index contributed by atoms with van der Waals surface area (Å²) in [6.45, 7) is 2.49. The third kappa shape index (κ3) is 4.46. The third-order valence-corrected chi connectivity index (χ3v) is 2.95. The summed E-state index contributed by atoms with van der Waals surface area (Å²) in [6.07, 6.45) is 0. The number of para-hydroxylation sites is 1. The van der Waals surface area contributed by atoms with Crippen LogP contribution in [0.2, 0.25) is 0 Å². The zero-order valence-electron chi connectivity index (χ0n) is 9.96. The van der Waals surface area contributed by atoms with Crippen LogP contribution in [0.1, 0.15) is 10.7 Å². The fraction of sp³-hybridized carbons (Fsp3) is 0.167. The van der Waals surface area contributed by atoms with Crippen molar-refractivity contribution in [1.82, 2.24) is 4.98 Å². The largest absolute Gasteiger partial charge is 0.370 e. The highest BCUT2D eigenvalue weighted by molar-refractivity contribution is 8.93. The molecule has 0 unspecified atom stereocenters. The number of nitrogens with zero attached hydrogens (tertiary/aromatic N) is 2. The van der Waals surface area contributed by atoms with Crippen LogP contribution in [0.25, 0.3) is 0 Å². The number of thiazole rings is 1. The van der Waals surface area contributed by atoms with Crippen molar-refractivity contribution >= 4 is 40.0 Å². The Balaban J connectivity index is 0.00000162. The molecule has 0 saturated carbocycles. The second-order valence-corrected chi connectivity index (χ2v) is 4.61. The van der Waals surface area contributed by atoms with E-state index in [0.29, 0.717) is 12.5 Å². The lowest BCUT2D eigenvalue weighted by molar-refractivity contribution is 0.993. The van der Waals surface area contributed by atoms with Gasteiger partial charge in [0.1, 0.15) is 0 Å². The summed E-state index contributed by atoms with van der Waals surface area (Å²) < 4.78 is 0. The molecule has 0 amide bonds. The molecule has 0 fully saturated rings. The number of guanidine groups is 1. The summed E-state index contributed by atoms with van der Waals surface area (Å²) in [4.78, 5) is 8.55. The van der Waals surface area contributed by atoms with Crippen molar-refractivity contribution in [2.24, 2.45) is 10.7 Å². The van der Waals surface area contributed by atoms with E-state index in [1.54, 1.807) is 11.3 Å². The second-order valence-electron chi connectivity index (χ2n) is 3.55. The molecule has 96 valence electrons. The Morgan fingerprint density at radius 3 is 2.72 bits per heavy atom. The lowest BCUT2D eigenvalue weighted by atomic mass is 10.3. The molecule has 1 aromatic carbocycles. The number of rotatable bonds is 3. The topological polar surface area (TPSA) is 63.3 Å². The van der Waals surface area contributed by atoms with Gasteiger partial charge in [-0.15, -0.1) is 28.3 Å². The minimum Gasteiger partial charge on any atom is -0.370 e. The molecule has 3 N–H and O–H groups in total. The molecule has 6 heteroatoms. The third-order valence-electron chi connectivity index (χ3n) is 2.12. The lowest BCUT2D eigenvalue weighted by Crippen LogP contribution is -2.22.